The van der Waals surface area contributed by atoms with Crippen LogP contribution in [0, 0.1) is 0 Å². The highest BCUT2D eigenvalue weighted by molar-refractivity contribution is 6.34. The van der Waals surface area contributed by atoms with Crippen molar-refractivity contribution < 1.29 is 14.3 Å². The topological polar surface area (TPSA) is 74.8 Å². The van der Waals surface area contributed by atoms with Crippen molar-refractivity contribution in [2.24, 2.45) is 0 Å². The van der Waals surface area contributed by atoms with Crippen molar-refractivity contribution in [3.8, 4) is 0 Å². The Morgan fingerprint density at radius 1 is 1.14 bits per heavy atom. The summed E-state index contributed by atoms with van der Waals surface area (Å²) in [7, 11) is 1.52. The molecule has 1 aliphatic rings. The van der Waals surface area contributed by atoms with Gasteiger partial charge in [-0.1, -0.05) is 23.2 Å². The molecule has 3 rings (SSSR count). The number of amides is 2. The molecule has 1 aromatic heterocycles. The normalized spacial score (nSPS) is 13.9. The van der Waals surface area contributed by atoms with Crippen molar-refractivity contribution in [1.82, 2.24) is 9.88 Å². The van der Waals surface area contributed by atoms with E-state index in [1.54, 1.807) is 0 Å². The van der Waals surface area contributed by atoms with Gasteiger partial charge in [-0.2, -0.15) is 0 Å². The van der Waals surface area contributed by atoms with Gasteiger partial charge in [-0.15, -0.1) is 0 Å². The van der Waals surface area contributed by atoms with Crippen LogP contribution in [-0.2, 0) is 9.53 Å². The third-order valence-electron chi connectivity index (χ3n) is 4.30. The summed E-state index contributed by atoms with van der Waals surface area (Å²) in [5, 5.41) is 2.99. The number of nitrogens with one attached hydrogen (secondary N) is 1. The number of carbonyl (C=O) groups excluding carboxylic acids is 2. The summed E-state index contributed by atoms with van der Waals surface area (Å²) in [6.07, 6.45) is 0. The second-order valence-electron chi connectivity index (χ2n) is 6.33. The van der Waals surface area contributed by atoms with E-state index in [9.17, 15) is 9.59 Å². The van der Waals surface area contributed by atoms with Gasteiger partial charge in [0.15, 0.2) is 0 Å². The maximum atomic E-state index is 12.4. The molecule has 1 N–H and O–H groups in total. The van der Waals surface area contributed by atoms with Crippen molar-refractivity contribution in [1.29, 1.82) is 0 Å². The highest BCUT2D eigenvalue weighted by Crippen LogP contribution is 2.20. The molecule has 7 nitrogen and oxygen atoms in total. The van der Waals surface area contributed by atoms with E-state index in [-0.39, 0.29) is 28.3 Å². The lowest BCUT2D eigenvalue weighted by Gasteiger charge is -2.28. The number of hydrogen-bond acceptors (Lipinski definition) is 5. The lowest BCUT2D eigenvalue weighted by atomic mass is 10.2. The Morgan fingerprint density at radius 3 is 2.46 bits per heavy atom. The van der Waals surface area contributed by atoms with Gasteiger partial charge < -0.3 is 19.9 Å². The van der Waals surface area contributed by atoms with Crippen molar-refractivity contribution in [2.45, 2.75) is 0 Å². The predicted molar refractivity (Wildman–Crippen MR) is 109 cm³/mol. The molecule has 0 spiro atoms. The zero-order valence-electron chi connectivity index (χ0n) is 15.3. The van der Waals surface area contributed by atoms with E-state index in [1.165, 1.54) is 24.1 Å². The second kappa shape index (κ2) is 9.23. The molecule has 2 amide bonds. The largest absolute Gasteiger partial charge is 0.378 e. The minimum atomic E-state index is -0.410. The van der Waals surface area contributed by atoms with Crippen molar-refractivity contribution in [2.75, 3.05) is 50.1 Å². The van der Waals surface area contributed by atoms with Crippen LogP contribution >= 0.6 is 23.2 Å². The molecule has 1 aliphatic heterocycles. The highest BCUT2D eigenvalue weighted by atomic mass is 35.5. The number of pyridine rings is 1. The molecule has 1 aromatic carbocycles. The number of nitrogens with zero attached hydrogens (tertiary/aromatic N) is 3. The standard InChI is InChI=1S/C19H20Cl2N4O3/c1-24(19(27)15-6-7-16(20)23-18(15)21)12-17(26)22-13-2-4-14(5-3-13)25-8-10-28-11-9-25/h2-7H,8-12H2,1H3,(H,22,26). The molecule has 2 heterocycles. The molecular weight excluding hydrogens is 403 g/mol. The molecule has 0 atom stereocenters. The number of hydrogen-bond donors (Lipinski definition) is 1. The number of carbonyl (C=O) groups is 2. The molecule has 2 aromatic rings. The summed E-state index contributed by atoms with van der Waals surface area (Å²) in [6, 6.07) is 10.5. The van der Waals surface area contributed by atoms with E-state index >= 15 is 0 Å². The molecule has 1 saturated heterocycles. The van der Waals surface area contributed by atoms with Crippen LogP contribution in [0.5, 0.6) is 0 Å². The highest BCUT2D eigenvalue weighted by Gasteiger charge is 2.19. The van der Waals surface area contributed by atoms with Crippen LogP contribution in [0.25, 0.3) is 0 Å². The first-order valence-corrected chi connectivity index (χ1v) is 9.50. The van der Waals surface area contributed by atoms with Crippen LogP contribution in [0.4, 0.5) is 11.4 Å². The number of aromatic nitrogens is 1. The minimum absolute atomic E-state index is 0.00320. The Kier molecular flexibility index (Phi) is 6.72. The Balaban J connectivity index is 1.56. The number of morpholine rings is 1. The molecule has 148 valence electrons. The zero-order chi connectivity index (χ0) is 20.1. The minimum Gasteiger partial charge on any atom is -0.378 e. The molecule has 0 saturated carbocycles. The number of benzene rings is 1. The fraction of sp³-hybridized carbons (Fsp3) is 0.316. The van der Waals surface area contributed by atoms with E-state index in [1.807, 2.05) is 24.3 Å². The van der Waals surface area contributed by atoms with Gasteiger partial charge in [0, 0.05) is 31.5 Å². The quantitative estimate of drug-likeness (QED) is 0.749. The fourth-order valence-electron chi connectivity index (χ4n) is 2.84. The van der Waals surface area contributed by atoms with Crippen LogP contribution in [-0.4, -0.2) is 61.6 Å². The van der Waals surface area contributed by atoms with E-state index in [0.29, 0.717) is 18.9 Å². The van der Waals surface area contributed by atoms with E-state index in [0.717, 1.165) is 18.8 Å². The van der Waals surface area contributed by atoms with Gasteiger partial charge in [0.1, 0.15) is 10.3 Å². The fourth-order valence-corrected chi connectivity index (χ4v) is 3.27. The molecule has 9 heteroatoms. The summed E-state index contributed by atoms with van der Waals surface area (Å²) in [6.45, 7) is 3.00. The molecule has 0 aliphatic carbocycles. The maximum absolute atomic E-state index is 12.4. The Hall–Kier alpha value is -2.35. The first-order chi connectivity index (χ1) is 13.4. The molecule has 0 bridgehead atoms. The van der Waals surface area contributed by atoms with Gasteiger partial charge >= 0.3 is 0 Å². The number of ether oxygens (including phenoxy) is 1. The monoisotopic (exact) mass is 422 g/mol. The Morgan fingerprint density at radius 2 is 1.82 bits per heavy atom. The van der Waals surface area contributed by atoms with Crippen LogP contribution in [0.1, 0.15) is 10.4 Å². The second-order valence-corrected chi connectivity index (χ2v) is 7.07. The van der Waals surface area contributed by atoms with E-state index in [2.05, 4.69) is 15.2 Å². The summed E-state index contributed by atoms with van der Waals surface area (Å²) in [4.78, 5) is 32.1. The van der Waals surface area contributed by atoms with Crippen molar-refractivity contribution in [3.63, 3.8) is 0 Å². The average Bonchev–Trinajstić information content (AvgIpc) is 2.68. The Labute approximate surface area is 173 Å². The number of likely N-dealkylation sites (N-methyl/N-ethyl adjacent to an activating group) is 1. The van der Waals surface area contributed by atoms with Gasteiger partial charge in [0.25, 0.3) is 5.91 Å². The number of halogens is 2. The first kappa shape index (κ1) is 20.4. The van der Waals surface area contributed by atoms with Crippen molar-refractivity contribution >= 4 is 46.4 Å². The molecule has 28 heavy (non-hydrogen) atoms. The smallest absolute Gasteiger partial charge is 0.257 e. The van der Waals surface area contributed by atoms with Crippen LogP contribution < -0.4 is 10.2 Å². The maximum Gasteiger partial charge on any atom is 0.257 e. The zero-order valence-corrected chi connectivity index (χ0v) is 16.8. The average molecular weight is 423 g/mol. The third-order valence-corrected chi connectivity index (χ3v) is 4.80. The molecule has 0 radical (unpaired) electrons. The number of rotatable bonds is 5. The Bertz CT molecular complexity index is 855. The van der Waals surface area contributed by atoms with Crippen LogP contribution in [0.3, 0.4) is 0 Å². The predicted octanol–water partition coefficient (Wildman–Crippen LogP) is 2.94. The van der Waals surface area contributed by atoms with Gasteiger partial charge in [0.05, 0.1) is 25.3 Å². The lowest BCUT2D eigenvalue weighted by Crippen LogP contribution is -2.36. The lowest BCUT2D eigenvalue weighted by molar-refractivity contribution is -0.116. The third kappa shape index (κ3) is 5.13. The molecule has 0 unspecified atom stereocenters. The van der Waals surface area contributed by atoms with Crippen LogP contribution in [0.2, 0.25) is 10.3 Å². The summed E-state index contributed by atoms with van der Waals surface area (Å²) < 4.78 is 5.35. The van der Waals surface area contributed by atoms with E-state index < -0.39 is 5.91 Å². The van der Waals surface area contributed by atoms with Gasteiger partial charge in [0.2, 0.25) is 5.91 Å². The van der Waals surface area contributed by atoms with E-state index in [4.69, 9.17) is 27.9 Å². The van der Waals surface area contributed by atoms with Gasteiger partial charge in [-0.25, -0.2) is 4.98 Å². The SMILES string of the molecule is CN(CC(=O)Nc1ccc(N2CCOCC2)cc1)C(=O)c1ccc(Cl)nc1Cl. The van der Waals surface area contributed by atoms with Crippen molar-refractivity contribution in [3.05, 3.63) is 52.3 Å². The summed E-state index contributed by atoms with van der Waals surface area (Å²) in [5.74, 6) is -0.722. The van der Waals surface area contributed by atoms with Gasteiger partial charge in [-0.05, 0) is 36.4 Å². The summed E-state index contributed by atoms with van der Waals surface area (Å²) >= 11 is 11.7. The van der Waals surface area contributed by atoms with Gasteiger partial charge in [-0.3, -0.25) is 9.59 Å². The summed E-state index contributed by atoms with van der Waals surface area (Å²) in [5.41, 5.74) is 1.93. The molecular formula is C19H20Cl2N4O3. The number of anilines is 2. The first-order valence-electron chi connectivity index (χ1n) is 8.74. The molecule has 1 fully saturated rings. The van der Waals surface area contributed by atoms with Crippen LogP contribution in [0.15, 0.2) is 36.4 Å².